The van der Waals surface area contributed by atoms with E-state index in [1.807, 2.05) is 0 Å². The standard InChI is InChI=1S/C17H25NO3/c19-9-3-8-18-16(12-17(20)21)11-13-6-7-14-4-1-2-5-15(14)10-13/h6-7,10,16,18-19H,1-5,8-9,11-12H2,(H,20,21). The lowest BCUT2D eigenvalue weighted by Crippen LogP contribution is -2.34. The van der Waals surface area contributed by atoms with E-state index in [0.29, 0.717) is 13.0 Å². The first kappa shape index (κ1) is 16.0. The van der Waals surface area contributed by atoms with Crippen molar-refractivity contribution in [1.29, 1.82) is 0 Å². The van der Waals surface area contributed by atoms with Crippen molar-refractivity contribution in [3.8, 4) is 0 Å². The van der Waals surface area contributed by atoms with Crippen LogP contribution >= 0.6 is 0 Å². The Balaban J connectivity index is 1.99. The van der Waals surface area contributed by atoms with Gasteiger partial charge in [-0.05, 0) is 61.8 Å². The van der Waals surface area contributed by atoms with Crippen LogP contribution in [-0.4, -0.2) is 35.4 Å². The highest BCUT2D eigenvalue weighted by Gasteiger charge is 2.15. The number of carbonyl (C=O) groups is 1. The van der Waals surface area contributed by atoms with Crippen molar-refractivity contribution in [3.05, 3.63) is 34.9 Å². The third-order valence-corrected chi connectivity index (χ3v) is 4.08. The quantitative estimate of drug-likeness (QED) is 0.640. The molecule has 0 heterocycles. The number of carboxylic acids is 1. The molecule has 4 heteroatoms. The van der Waals surface area contributed by atoms with Gasteiger partial charge in [0, 0.05) is 12.6 Å². The Kier molecular flexibility index (Phi) is 6.21. The van der Waals surface area contributed by atoms with Crippen molar-refractivity contribution in [3.63, 3.8) is 0 Å². The summed E-state index contributed by atoms with van der Waals surface area (Å²) in [5.41, 5.74) is 4.09. The number of nitrogens with one attached hydrogen (secondary N) is 1. The lowest BCUT2D eigenvalue weighted by Gasteiger charge is -2.20. The molecule has 0 aromatic heterocycles. The number of hydrogen-bond donors (Lipinski definition) is 3. The topological polar surface area (TPSA) is 69.6 Å². The molecule has 0 radical (unpaired) electrons. The van der Waals surface area contributed by atoms with E-state index in [9.17, 15) is 4.79 Å². The normalized spacial score (nSPS) is 15.5. The number of hydrogen-bond acceptors (Lipinski definition) is 3. The van der Waals surface area contributed by atoms with Crippen LogP contribution in [-0.2, 0) is 24.1 Å². The zero-order chi connectivity index (χ0) is 15.1. The van der Waals surface area contributed by atoms with Crippen molar-refractivity contribution in [2.24, 2.45) is 0 Å². The molecule has 0 saturated carbocycles. The SMILES string of the molecule is O=C(O)CC(Cc1ccc2c(c1)CCCC2)NCCCO. The summed E-state index contributed by atoms with van der Waals surface area (Å²) in [6.45, 7) is 0.783. The molecule has 2 rings (SSSR count). The van der Waals surface area contributed by atoms with E-state index in [-0.39, 0.29) is 19.1 Å². The van der Waals surface area contributed by atoms with Crippen LogP contribution in [0.1, 0.15) is 42.4 Å². The summed E-state index contributed by atoms with van der Waals surface area (Å²) >= 11 is 0. The number of aliphatic hydroxyl groups is 1. The zero-order valence-corrected chi connectivity index (χ0v) is 12.5. The molecule has 0 fully saturated rings. The van der Waals surface area contributed by atoms with Crippen LogP contribution in [0.3, 0.4) is 0 Å². The summed E-state index contributed by atoms with van der Waals surface area (Å²) in [6, 6.07) is 6.51. The van der Waals surface area contributed by atoms with Crippen LogP contribution in [0.2, 0.25) is 0 Å². The van der Waals surface area contributed by atoms with Gasteiger partial charge in [-0.3, -0.25) is 4.79 Å². The van der Waals surface area contributed by atoms with Crippen molar-refractivity contribution in [2.75, 3.05) is 13.2 Å². The molecule has 1 aliphatic carbocycles. The number of benzene rings is 1. The van der Waals surface area contributed by atoms with E-state index in [4.69, 9.17) is 10.2 Å². The highest BCUT2D eigenvalue weighted by atomic mass is 16.4. The number of aryl methyl sites for hydroxylation is 2. The van der Waals surface area contributed by atoms with E-state index in [0.717, 1.165) is 12.8 Å². The van der Waals surface area contributed by atoms with Crippen LogP contribution < -0.4 is 5.32 Å². The Morgan fingerprint density at radius 1 is 1.24 bits per heavy atom. The molecule has 0 saturated heterocycles. The maximum atomic E-state index is 11.0. The summed E-state index contributed by atoms with van der Waals surface area (Å²) in [4.78, 5) is 11.0. The van der Waals surface area contributed by atoms with Gasteiger partial charge in [-0.25, -0.2) is 0 Å². The number of aliphatic carboxylic acids is 1. The summed E-state index contributed by atoms with van der Waals surface area (Å²) in [6.07, 6.45) is 6.34. The molecule has 1 aromatic carbocycles. The Morgan fingerprint density at radius 3 is 2.71 bits per heavy atom. The molecular weight excluding hydrogens is 266 g/mol. The van der Waals surface area contributed by atoms with Gasteiger partial charge in [0.15, 0.2) is 0 Å². The van der Waals surface area contributed by atoms with Gasteiger partial charge in [-0.15, -0.1) is 0 Å². The van der Waals surface area contributed by atoms with Gasteiger partial charge in [-0.2, -0.15) is 0 Å². The van der Waals surface area contributed by atoms with E-state index in [1.54, 1.807) is 0 Å². The minimum Gasteiger partial charge on any atom is -0.481 e. The fourth-order valence-corrected chi connectivity index (χ4v) is 3.01. The van der Waals surface area contributed by atoms with Gasteiger partial charge in [-0.1, -0.05) is 18.2 Å². The molecule has 4 nitrogen and oxygen atoms in total. The summed E-state index contributed by atoms with van der Waals surface area (Å²) in [5, 5.41) is 21.1. The van der Waals surface area contributed by atoms with E-state index in [2.05, 4.69) is 23.5 Å². The Hall–Kier alpha value is -1.39. The molecule has 0 aliphatic heterocycles. The highest BCUT2D eigenvalue weighted by molar-refractivity contribution is 5.67. The Morgan fingerprint density at radius 2 is 2.00 bits per heavy atom. The number of aliphatic hydroxyl groups excluding tert-OH is 1. The molecule has 21 heavy (non-hydrogen) atoms. The van der Waals surface area contributed by atoms with Gasteiger partial charge in [0.1, 0.15) is 0 Å². The average molecular weight is 291 g/mol. The van der Waals surface area contributed by atoms with Crippen molar-refractivity contribution >= 4 is 5.97 Å². The summed E-state index contributed by atoms with van der Waals surface area (Å²) in [5.74, 6) is -0.783. The number of carboxylic acid groups (broad SMARTS) is 1. The van der Waals surface area contributed by atoms with Crippen LogP contribution in [0.5, 0.6) is 0 Å². The monoisotopic (exact) mass is 291 g/mol. The summed E-state index contributed by atoms with van der Waals surface area (Å²) in [7, 11) is 0. The molecule has 0 amide bonds. The molecule has 1 atom stereocenters. The average Bonchev–Trinajstić information content (AvgIpc) is 2.46. The smallest absolute Gasteiger partial charge is 0.304 e. The fourth-order valence-electron chi connectivity index (χ4n) is 3.01. The zero-order valence-electron chi connectivity index (χ0n) is 12.5. The lowest BCUT2D eigenvalue weighted by atomic mass is 9.89. The molecule has 3 N–H and O–H groups in total. The second kappa shape index (κ2) is 8.15. The Bertz CT molecular complexity index is 473. The van der Waals surface area contributed by atoms with Crippen molar-refractivity contribution in [1.82, 2.24) is 5.32 Å². The largest absolute Gasteiger partial charge is 0.481 e. The molecule has 1 unspecified atom stereocenters. The molecule has 116 valence electrons. The number of rotatable bonds is 8. The maximum Gasteiger partial charge on any atom is 0.304 e. The second-order valence-corrected chi connectivity index (χ2v) is 5.84. The van der Waals surface area contributed by atoms with Crippen LogP contribution in [0.25, 0.3) is 0 Å². The molecular formula is C17H25NO3. The predicted octanol–water partition coefficient (Wildman–Crippen LogP) is 1.92. The van der Waals surface area contributed by atoms with E-state index in [1.165, 1.54) is 36.0 Å². The van der Waals surface area contributed by atoms with Crippen molar-refractivity contribution < 1.29 is 15.0 Å². The van der Waals surface area contributed by atoms with Gasteiger partial charge in [0.05, 0.1) is 6.42 Å². The Labute approximate surface area is 126 Å². The van der Waals surface area contributed by atoms with E-state index < -0.39 is 5.97 Å². The summed E-state index contributed by atoms with van der Waals surface area (Å²) < 4.78 is 0. The predicted molar refractivity (Wildman–Crippen MR) is 82.5 cm³/mol. The second-order valence-electron chi connectivity index (χ2n) is 5.84. The lowest BCUT2D eigenvalue weighted by molar-refractivity contribution is -0.137. The maximum absolute atomic E-state index is 11.0. The van der Waals surface area contributed by atoms with Crippen LogP contribution in [0.15, 0.2) is 18.2 Å². The van der Waals surface area contributed by atoms with Gasteiger partial charge >= 0.3 is 5.97 Å². The molecule has 1 aliphatic rings. The minimum atomic E-state index is -0.783. The van der Waals surface area contributed by atoms with Crippen LogP contribution in [0, 0.1) is 0 Å². The van der Waals surface area contributed by atoms with Gasteiger partial charge in [0.2, 0.25) is 0 Å². The first-order valence-corrected chi connectivity index (χ1v) is 7.85. The molecule has 0 bridgehead atoms. The molecule has 1 aromatic rings. The third-order valence-electron chi connectivity index (χ3n) is 4.08. The van der Waals surface area contributed by atoms with Crippen molar-refractivity contribution in [2.45, 2.75) is 51.0 Å². The minimum absolute atomic E-state index is 0.0734. The first-order chi connectivity index (χ1) is 10.2. The highest BCUT2D eigenvalue weighted by Crippen LogP contribution is 2.23. The fraction of sp³-hybridized carbons (Fsp3) is 0.588. The van der Waals surface area contributed by atoms with Gasteiger partial charge < -0.3 is 15.5 Å². The van der Waals surface area contributed by atoms with E-state index >= 15 is 0 Å². The number of fused-ring (bicyclic) bond motifs is 1. The van der Waals surface area contributed by atoms with Crippen LogP contribution in [0.4, 0.5) is 0 Å². The third kappa shape index (κ3) is 5.14. The molecule has 0 spiro atoms. The first-order valence-electron chi connectivity index (χ1n) is 7.85. The van der Waals surface area contributed by atoms with Gasteiger partial charge in [0.25, 0.3) is 0 Å².